The zero-order chi connectivity index (χ0) is 13.9. The fraction of sp³-hybridized carbons (Fsp3) is 0.667. The smallest absolute Gasteiger partial charge is 0.0656 e. The Morgan fingerprint density at radius 1 is 1.26 bits per heavy atom. The first-order chi connectivity index (χ1) is 9.04. The molecule has 4 atom stereocenters. The van der Waals surface area contributed by atoms with Gasteiger partial charge >= 0.3 is 0 Å². The average molecular weight is 260 g/mol. The van der Waals surface area contributed by atoms with E-state index in [2.05, 4.69) is 51.1 Å². The molecule has 106 valence electrons. The van der Waals surface area contributed by atoms with E-state index in [1.165, 1.54) is 24.8 Å². The van der Waals surface area contributed by atoms with Crippen molar-refractivity contribution in [2.24, 2.45) is 11.8 Å². The second kappa shape index (κ2) is 6.09. The first kappa shape index (κ1) is 14.6. The lowest BCUT2D eigenvalue weighted by Crippen LogP contribution is -2.37. The Morgan fingerprint density at radius 2 is 1.95 bits per heavy atom. The van der Waals surface area contributed by atoms with Crippen LogP contribution in [-0.4, -0.2) is 10.7 Å². The summed E-state index contributed by atoms with van der Waals surface area (Å²) in [6.07, 6.45) is 5.73. The Bertz CT molecular complexity index is 382. The van der Waals surface area contributed by atoms with E-state index in [0.29, 0.717) is 17.8 Å². The van der Waals surface area contributed by atoms with E-state index in [-0.39, 0.29) is 0 Å². The van der Waals surface area contributed by atoms with Crippen LogP contribution in [0.4, 0.5) is 0 Å². The molecular formula is C18H28O. The van der Waals surface area contributed by atoms with Crippen LogP contribution in [0.1, 0.15) is 64.4 Å². The van der Waals surface area contributed by atoms with Crippen LogP contribution in [0.2, 0.25) is 0 Å². The molecule has 0 aliphatic heterocycles. The van der Waals surface area contributed by atoms with Gasteiger partial charge in [0.1, 0.15) is 0 Å². The molecule has 3 unspecified atom stereocenters. The minimum atomic E-state index is -0.521. The lowest BCUT2D eigenvalue weighted by Gasteiger charge is -2.36. The van der Waals surface area contributed by atoms with Crippen LogP contribution in [0.5, 0.6) is 0 Å². The van der Waals surface area contributed by atoms with Gasteiger partial charge in [0.05, 0.1) is 5.60 Å². The highest BCUT2D eigenvalue weighted by atomic mass is 16.3. The van der Waals surface area contributed by atoms with Gasteiger partial charge in [0, 0.05) is 0 Å². The SMILES string of the molecule is CCC(C)C[C@@](C)(O)C1CCCC1c1ccccc1. The Balaban J connectivity index is 2.14. The largest absolute Gasteiger partial charge is 0.390 e. The quantitative estimate of drug-likeness (QED) is 0.809. The Morgan fingerprint density at radius 3 is 2.58 bits per heavy atom. The third-order valence-corrected chi connectivity index (χ3v) is 5.00. The summed E-state index contributed by atoms with van der Waals surface area (Å²) < 4.78 is 0. The van der Waals surface area contributed by atoms with E-state index in [4.69, 9.17) is 0 Å². The van der Waals surface area contributed by atoms with Gasteiger partial charge in [-0.1, -0.05) is 57.0 Å². The lowest BCUT2D eigenvalue weighted by atomic mass is 9.74. The van der Waals surface area contributed by atoms with Gasteiger partial charge < -0.3 is 5.11 Å². The van der Waals surface area contributed by atoms with Gasteiger partial charge in [0.2, 0.25) is 0 Å². The van der Waals surface area contributed by atoms with E-state index in [9.17, 15) is 5.11 Å². The lowest BCUT2D eigenvalue weighted by molar-refractivity contribution is -0.0250. The molecule has 1 aliphatic rings. The van der Waals surface area contributed by atoms with Gasteiger partial charge in [0.15, 0.2) is 0 Å². The molecule has 1 aromatic rings. The highest BCUT2D eigenvalue weighted by molar-refractivity contribution is 5.22. The molecule has 1 aromatic carbocycles. The van der Waals surface area contributed by atoms with Crippen molar-refractivity contribution in [3.63, 3.8) is 0 Å². The van der Waals surface area contributed by atoms with E-state index in [1.807, 2.05) is 0 Å². The molecule has 1 nitrogen and oxygen atoms in total. The molecule has 0 heterocycles. The molecule has 1 heteroatoms. The van der Waals surface area contributed by atoms with Crippen LogP contribution in [-0.2, 0) is 0 Å². The molecular weight excluding hydrogens is 232 g/mol. The number of aliphatic hydroxyl groups is 1. The van der Waals surface area contributed by atoms with Crippen LogP contribution in [0.25, 0.3) is 0 Å². The van der Waals surface area contributed by atoms with E-state index in [1.54, 1.807) is 0 Å². The summed E-state index contributed by atoms with van der Waals surface area (Å²) in [5, 5.41) is 10.9. The van der Waals surface area contributed by atoms with Crippen LogP contribution < -0.4 is 0 Å². The van der Waals surface area contributed by atoms with Gasteiger partial charge in [-0.2, -0.15) is 0 Å². The molecule has 1 fully saturated rings. The highest BCUT2D eigenvalue weighted by Gasteiger charge is 2.41. The summed E-state index contributed by atoms with van der Waals surface area (Å²) in [5.74, 6) is 1.57. The molecule has 1 saturated carbocycles. The van der Waals surface area contributed by atoms with Crippen LogP contribution in [0.15, 0.2) is 30.3 Å². The van der Waals surface area contributed by atoms with Crippen molar-refractivity contribution < 1.29 is 5.11 Å². The van der Waals surface area contributed by atoms with Gasteiger partial charge in [-0.25, -0.2) is 0 Å². The Hall–Kier alpha value is -0.820. The maximum Gasteiger partial charge on any atom is 0.0656 e. The normalized spacial score (nSPS) is 28.0. The third-order valence-electron chi connectivity index (χ3n) is 5.00. The molecule has 1 N–H and O–H groups in total. The number of hydrogen-bond acceptors (Lipinski definition) is 1. The first-order valence-electron chi connectivity index (χ1n) is 7.82. The van der Waals surface area contributed by atoms with Crippen LogP contribution in [0.3, 0.4) is 0 Å². The summed E-state index contributed by atoms with van der Waals surface area (Å²) in [7, 11) is 0. The van der Waals surface area contributed by atoms with Crippen molar-refractivity contribution in [3.8, 4) is 0 Å². The van der Waals surface area contributed by atoms with Crippen LogP contribution in [0, 0.1) is 11.8 Å². The molecule has 0 aromatic heterocycles. The van der Waals surface area contributed by atoms with E-state index >= 15 is 0 Å². The minimum absolute atomic E-state index is 0.420. The van der Waals surface area contributed by atoms with Gasteiger partial charge in [0.25, 0.3) is 0 Å². The molecule has 0 radical (unpaired) electrons. The zero-order valence-electron chi connectivity index (χ0n) is 12.6. The van der Waals surface area contributed by atoms with Gasteiger partial charge in [-0.05, 0) is 49.5 Å². The summed E-state index contributed by atoms with van der Waals surface area (Å²) in [4.78, 5) is 0. The second-order valence-electron chi connectivity index (χ2n) is 6.63. The highest BCUT2D eigenvalue weighted by Crippen LogP contribution is 2.47. The van der Waals surface area contributed by atoms with Crippen molar-refractivity contribution >= 4 is 0 Å². The minimum Gasteiger partial charge on any atom is -0.390 e. The zero-order valence-corrected chi connectivity index (χ0v) is 12.6. The first-order valence-corrected chi connectivity index (χ1v) is 7.82. The van der Waals surface area contributed by atoms with Crippen molar-refractivity contribution in [1.29, 1.82) is 0 Å². The topological polar surface area (TPSA) is 20.2 Å². The van der Waals surface area contributed by atoms with Gasteiger partial charge in [-0.3, -0.25) is 0 Å². The number of hydrogen-bond donors (Lipinski definition) is 1. The number of benzene rings is 1. The van der Waals surface area contributed by atoms with Crippen molar-refractivity contribution in [1.82, 2.24) is 0 Å². The van der Waals surface area contributed by atoms with Crippen molar-refractivity contribution in [2.75, 3.05) is 0 Å². The third kappa shape index (κ3) is 3.39. The number of rotatable bonds is 5. The summed E-state index contributed by atoms with van der Waals surface area (Å²) in [5.41, 5.74) is 0.890. The fourth-order valence-corrected chi connectivity index (χ4v) is 3.80. The molecule has 0 saturated heterocycles. The molecule has 1 aliphatic carbocycles. The molecule has 0 bridgehead atoms. The predicted octanol–water partition coefficient (Wildman–Crippen LogP) is 4.76. The summed E-state index contributed by atoms with van der Waals surface area (Å²) in [6, 6.07) is 10.8. The Labute approximate surface area is 118 Å². The molecule has 0 amide bonds. The Kier molecular flexibility index (Phi) is 4.67. The fourth-order valence-electron chi connectivity index (χ4n) is 3.80. The molecule has 2 rings (SSSR count). The molecule has 19 heavy (non-hydrogen) atoms. The second-order valence-corrected chi connectivity index (χ2v) is 6.63. The monoisotopic (exact) mass is 260 g/mol. The van der Waals surface area contributed by atoms with Crippen molar-refractivity contribution in [3.05, 3.63) is 35.9 Å². The predicted molar refractivity (Wildman–Crippen MR) is 81.2 cm³/mol. The summed E-state index contributed by atoms with van der Waals surface area (Å²) >= 11 is 0. The van der Waals surface area contributed by atoms with Crippen molar-refractivity contribution in [2.45, 2.75) is 64.4 Å². The van der Waals surface area contributed by atoms with E-state index in [0.717, 1.165) is 12.8 Å². The van der Waals surface area contributed by atoms with Gasteiger partial charge in [-0.15, -0.1) is 0 Å². The standard InChI is InChI=1S/C18H28O/c1-4-14(2)13-18(3,19)17-12-8-11-16(17)15-9-6-5-7-10-15/h5-7,9-10,14,16-17,19H,4,8,11-13H2,1-3H3/t14?,16?,17?,18-/m1/s1. The maximum absolute atomic E-state index is 10.9. The van der Waals surface area contributed by atoms with E-state index < -0.39 is 5.60 Å². The maximum atomic E-state index is 10.9. The average Bonchev–Trinajstić information content (AvgIpc) is 2.89. The molecule has 0 spiro atoms. The van der Waals surface area contributed by atoms with Crippen LogP contribution >= 0.6 is 0 Å². The summed E-state index contributed by atoms with van der Waals surface area (Å²) in [6.45, 7) is 6.52.